The smallest absolute Gasteiger partial charge is 0.261 e. The molecule has 0 aromatic heterocycles. The first-order chi connectivity index (χ1) is 15.0. The van der Waals surface area contributed by atoms with E-state index in [1.54, 1.807) is 72.8 Å². The van der Waals surface area contributed by atoms with Crippen molar-refractivity contribution in [2.24, 2.45) is 0 Å². The van der Waals surface area contributed by atoms with E-state index in [1.807, 2.05) is 6.07 Å². The Morgan fingerprint density at radius 1 is 0.871 bits per heavy atom. The van der Waals surface area contributed by atoms with Crippen molar-refractivity contribution < 1.29 is 17.9 Å². The Hall–Kier alpha value is -3.36. The van der Waals surface area contributed by atoms with Gasteiger partial charge in [-0.2, -0.15) is 0 Å². The molecule has 1 saturated heterocycles. The van der Waals surface area contributed by atoms with E-state index in [4.69, 9.17) is 4.74 Å². The molecule has 7 nitrogen and oxygen atoms in total. The number of nitrogens with one attached hydrogen (secondary N) is 2. The molecule has 1 fully saturated rings. The van der Waals surface area contributed by atoms with Gasteiger partial charge in [0.25, 0.3) is 15.9 Å². The lowest BCUT2D eigenvalue weighted by Crippen LogP contribution is -2.36. The molecule has 1 amide bonds. The maximum absolute atomic E-state index is 12.7. The second-order valence-electron chi connectivity index (χ2n) is 7.07. The zero-order chi connectivity index (χ0) is 21.7. The number of carbonyl (C=O) groups is 1. The van der Waals surface area contributed by atoms with Crippen LogP contribution in [0.25, 0.3) is 0 Å². The highest BCUT2D eigenvalue weighted by Gasteiger charge is 2.19. The number of hydrogen-bond acceptors (Lipinski definition) is 5. The maximum Gasteiger partial charge on any atom is 0.261 e. The highest BCUT2D eigenvalue weighted by Crippen LogP contribution is 2.31. The fourth-order valence-corrected chi connectivity index (χ4v) is 4.44. The summed E-state index contributed by atoms with van der Waals surface area (Å²) in [5.74, 6) is -0.229. The summed E-state index contributed by atoms with van der Waals surface area (Å²) in [6, 6.07) is 22.2. The number of morpholine rings is 1. The fourth-order valence-electron chi connectivity index (χ4n) is 3.36. The van der Waals surface area contributed by atoms with Crippen LogP contribution in [0.2, 0.25) is 0 Å². The molecule has 0 saturated carbocycles. The molecule has 1 heterocycles. The van der Waals surface area contributed by atoms with Gasteiger partial charge in [0.05, 0.1) is 35.2 Å². The van der Waals surface area contributed by atoms with Gasteiger partial charge in [0, 0.05) is 18.7 Å². The van der Waals surface area contributed by atoms with Gasteiger partial charge in [0.2, 0.25) is 0 Å². The first kappa shape index (κ1) is 20.9. The normalized spacial score (nSPS) is 14.1. The summed E-state index contributed by atoms with van der Waals surface area (Å²) in [6.45, 7) is 2.41. The standard InChI is InChI=1S/C23H23N3O4S/c27-23(18-7-3-1-4-8-18)24-21-12-11-19(17-22(21)26-13-15-30-16-14-26)25-31(28,29)20-9-5-2-6-10-20/h1-12,17,25H,13-16H2,(H,24,27). The zero-order valence-electron chi connectivity index (χ0n) is 16.8. The van der Waals surface area contributed by atoms with Crippen LogP contribution < -0.4 is 14.9 Å². The van der Waals surface area contributed by atoms with Crippen LogP contribution in [0.3, 0.4) is 0 Å². The number of anilines is 3. The average Bonchev–Trinajstić information content (AvgIpc) is 2.81. The zero-order valence-corrected chi connectivity index (χ0v) is 17.6. The third-order valence-electron chi connectivity index (χ3n) is 4.94. The van der Waals surface area contributed by atoms with Crippen LogP contribution in [0, 0.1) is 0 Å². The van der Waals surface area contributed by atoms with Crippen LogP contribution in [0.5, 0.6) is 0 Å². The van der Waals surface area contributed by atoms with Crippen molar-refractivity contribution in [1.82, 2.24) is 0 Å². The molecule has 1 aliphatic rings. The van der Waals surface area contributed by atoms with Crippen molar-refractivity contribution in [3.05, 3.63) is 84.4 Å². The van der Waals surface area contributed by atoms with E-state index in [0.717, 1.165) is 5.69 Å². The van der Waals surface area contributed by atoms with Crippen molar-refractivity contribution >= 4 is 33.0 Å². The Balaban J connectivity index is 1.64. The summed E-state index contributed by atoms with van der Waals surface area (Å²) < 4.78 is 33.5. The first-order valence-corrected chi connectivity index (χ1v) is 11.4. The molecule has 2 N–H and O–H groups in total. The molecule has 160 valence electrons. The molecule has 0 spiro atoms. The summed E-state index contributed by atoms with van der Waals surface area (Å²) in [5.41, 5.74) is 2.31. The van der Waals surface area contributed by atoms with E-state index in [-0.39, 0.29) is 10.8 Å². The molecule has 0 bridgehead atoms. The van der Waals surface area contributed by atoms with Crippen molar-refractivity contribution in [1.29, 1.82) is 0 Å². The quantitative estimate of drug-likeness (QED) is 0.616. The molecule has 0 radical (unpaired) electrons. The van der Waals surface area contributed by atoms with E-state index in [0.29, 0.717) is 43.2 Å². The van der Waals surface area contributed by atoms with Gasteiger partial charge in [-0.3, -0.25) is 9.52 Å². The molecule has 3 aromatic rings. The predicted octanol–water partition coefficient (Wildman–Crippen LogP) is 3.58. The SMILES string of the molecule is O=C(Nc1ccc(NS(=O)(=O)c2ccccc2)cc1N1CCOCC1)c1ccccc1. The lowest BCUT2D eigenvalue weighted by atomic mass is 10.1. The largest absolute Gasteiger partial charge is 0.378 e. The summed E-state index contributed by atoms with van der Waals surface area (Å²) in [6.07, 6.45) is 0. The number of benzene rings is 3. The molecule has 4 rings (SSSR count). The summed E-state index contributed by atoms with van der Waals surface area (Å²) >= 11 is 0. The third-order valence-corrected chi connectivity index (χ3v) is 6.34. The monoisotopic (exact) mass is 437 g/mol. The third kappa shape index (κ3) is 5.04. The van der Waals surface area contributed by atoms with Gasteiger partial charge in [0.1, 0.15) is 0 Å². The van der Waals surface area contributed by atoms with Gasteiger partial charge in [-0.1, -0.05) is 36.4 Å². The molecule has 3 aromatic carbocycles. The summed E-state index contributed by atoms with van der Waals surface area (Å²) in [5, 5.41) is 2.95. The van der Waals surface area contributed by atoms with Gasteiger partial charge >= 0.3 is 0 Å². The minimum absolute atomic E-state index is 0.185. The van der Waals surface area contributed by atoms with Crippen LogP contribution >= 0.6 is 0 Å². The van der Waals surface area contributed by atoms with Crippen molar-refractivity contribution in [3.63, 3.8) is 0 Å². The number of carbonyl (C=O) groups excluding carboxylic acids is 1. The molecule has 0 atom stereocenters. The molecule has 0 aliphatic carbocycles. The van der Waals surface area contributed by atoms with Crippen LogP contribution in [-0.2, 0) is 14.8 Å². The minimum atomic E-state index is -3.72. The number of nitrogens with zero attached hydrogens (tertiary/aromatic N) is 1. The van der Waals surface area contributed by atoms with Crippen LogP contribution in [0.15, 0.2) is 83.8 Å². The number of rotatable bonds is 6. The van der Waals surface area contributed by atoms with Gasteiger partial charge < -0.3 is 15.0 Å². The Bertz CT molecular complexity index is 1150. The van der Waals surface area contributed by atoms with Gasteiger partial charge in [0.15, 0.2) is 0 Å². The van der Waals surface area contributed by atoms with Crippen LogP contribution in [-0.4, -0.2) is 40.6 Å². The van der Waals surface area contributed by atoms with E-state index in [9.17, 15) is 13.2 Å². The Kier molecular flexibility index (Phi) is 6.20. The molecular weight excluding hydrogens is 414 g/mol. The number of ether oxygens (including phenoxy) is 1. The van der Waals surface area contributed by atoms with Crippen molar-refractivity contribution in [2.45, 2.75) is 4.90 Å². The lowest BCUT2D eigenvalue weighted by Gasteiger charge is -2.31. The second kappa shape index (κ2) is 9.20. The summed E-state index contributed by atoms with van der Waals surface area (Å²) in [4.78, 5) is 14.9. The van der Waals surface area contributed by atoms with Gasteiger partial charge in [-0.15, -0.1) is 0 Å². The Labute approximate surface area is 181 Å². The Morgan fingerprint density at radius 3 is 2.19 bits per heavy atom. The first-order valence-electron chi connectivity index (χ1n) is 9.94. The average molecular weight is 438 g/mol. The molecule has 1 aliphatic heterocycles. The molecule has 8 heteroatoms. The minimum Gasteiger partial charge on any atom is -0.378 e. The van der Waals surface area contributed by atoms with E-state index >= 15 is 0 Å². The highest BCUT2D eigenvalue weighted by atomic mass is 32.2. The Morgan fingerprint density at radius 2 is 1.52 bits per heavy atom. The number of hydrogen-bond donors (Lipinski definition) is 2. The van der Waals surface area contributed by atoms with Crippen molar-refractivity contribution in [2.75, 3.05) is 41.2 Å². The fraction of sp³-hybridized carbons (Fsp3) is 0.174. The van der Waals surface area contributed by atoms with Crippen molar-refractivity contribution in [3.8, 4) is 0 Å². The van der Waals surface area contributed by atoms with E-state index < -0.39 is 10.0 Å². The number of sulfonamides is 1. The number of amides is 1. The van der Waals surface area contributed by atoms with E-state index in [2.05, 4.69) is 14.9 Å². The van der Waals surface area contributed by atoms with E-state index in [1.165, 1.54) is 0 Å². The molecule has 31 heavy (non-hydrogen) atoms. The van der Waals surface area contributed by atoms with Gasteiger partial charge in [-0.05, 0) is 42.5 Å². The van der Waals surface area contributed by atoms with Crippen LogP contribution in [0.1, 0.15) is 10.4 Å². The predicted molar refractivity (Wildman–Crippen MR) is 121 cm³/mol. The molecule has 0 unspecified atom stereocenters. The summed E-state index contributed by atoms with van der Waals surface area (Å²) in [7, 11) is -3.72. The lowest BCUT2D eigenvalue weighted by molar-refractivity contribution is 0.102. The van der Waals surface area contributed by atoms with Crippen LogP contribution in [0.4, 0.5) is 17.1 Å². The highest BCUT2D eigenvalue weighted by molar-refractivity contribution is 7.92. The topological polar surface area (TPSA) is 87.7 Å². The molecular formula is C23H23N3O4S. The van der Waals surface area contributed by atoms with Gasteiger partial charge in [-0.25, -0.2) is 8.42 Å². The maximum atomic E-state index is 12.7. The second-order valence-corrected chi connectivity index (χ2v) is 8.75.